The van der Waals surface area contributed by atoms with E-state index in [1.807, 2.05) is 6.07 Å². The molecule has 2 aromatic rings. The maximum atomic E-state index is 11.9. The largest absolute Gasteiger partial charge is 0.475 e. The van der Waals surface area contributed by atoms with Crippen LogP contribution in [0.25, 0.3) is 0 Å². The van der Waals surface area contributed by atoms with E-state index >= 15 is 0 Å². The fraction of sp³-hybridized carbons (Fsp3) is 0.0833. The molecule has 0 bridgehead atoms. The number of furan rings is 1. The molecule has 0 amide bonds. The maximum absolute atomic E-state index is 11.9. The van der Waals surface area contributed by atoms with Gasteiger partial charge in [0.25, 0.3) is 0 Å². The fourth-order valence-electron chi connectivity index (χ4n) is 1.36. The molecule has 4 nitrogen and oxygen atoms in total. The predicted octanol–water partition coefficient (Wildman–Crippen LogP) is 2.29. The van der Waals surface area contributed by atoms with Gasteiger partial charge in [-0.05, 0) is 24.3 Å². The zero-order chi connectivity index (χ0) is 12.3. The Balaban J connectivity index is 2.11. The molecule has 0 aliphatic heterocycles. The Labute approximate surface area is 100 Å². The van der Waals surface area contributed by atoms with Crippen LogP contribution in [-0.2, 0) is 16.6 Å². The van der Waals surface area contributed by atoms with Crippen LogP contribution in [0.5, 0.6) is 0 Å². The lowest BCUT2D eigenvalue weighted by Crippen LogP contribution is -1.95. The molecule has 1 aromatic heterocycles. The third-order valence-electron chi connectivity index (χ3n) is 2.15. The molecular weight excluding hydrogens is 240 g/mol. The second-order valence-corrected chi connectivity index (χ2v) is 4.83. The first-order valence-electron chi connectivity index (χ1n) is 4.92. The van der Waals surface area contributed by atoms with Crippen molar-refractivity contribution < 1.29 is 18.5 Å². The Morgan fingerprint density at radius 1 is 1.18 bits per heavy atom. The molecule has 1 N–H and O–H groups in total. The Hall–Kier alpha value is -1.88. The predicted molar refractivity (Wildman–Crippen MR) is 62.2 cm³/mol. The summed E-state index contributed by atoms with van der Waals surface area (Å²) in [4.78, 5) is 11.3. The van der Waals surface area contributed by atoms with Crippen molar-refractivity contribution in [2.45, 2.75) is 10.6 Å². The van der Waals surface area contributed by atoms with E-state index in [1.165, 1.54) is 12.1 Å². The highest BCUT2D eigenvalue weighted by Crippen LogP contribution is 2.14. The van der Waals surface area contributed by atoms with E-state index in [4.69, 9.17) is 9.52 Å². The van der Waals surface area contributed by atoms with Gasteiger partial charge >= 0.3 is 5.97 Å². The van der Waals surface area contributed by atoms with E-state index in [9.17, 15) is 9.00 Å². The van der Waals surface area contributed by atoms with Crippen LogP contribution in [0, 0.1) is 0 Å². The third kappa shape index (κ3) is 2.82. The van der Waals surface area contributed by atoms with Crippen molar-refractivity contribution in [1.82, 2.24) is 0 Å². The summed E-state index contributed by atoms with van der Waals surface area (Å²) in [5, 5.41) is 8.68. The van der Waals surface area contributed by atoms with Gasteiger partial charge in [0.1, 0.15) is 5.76 Å². The summed E-state index contributed by atoms with van der Waals surface area (Å²) in [7, 11) is -1.22. The quantitative estimate of drug-likeness (QED) is 0.904. The van der Waals surface area contributed by atoms with Gasteiger partial charge in [-0.2, -0.15) is 0 Å². The second-order valence-electron chi connectivity index (χ2n) is 3.37. The minimum Gasteiger partial charge on any atom is -0.475 e. The molecule has 1 atom stereocenters. The van der Waals surface area contributed by atoms with Crippen molar-refractivity contribution in [1.29, 1.82) is 0 Å². The monoisotopic (exact) mass is 250 g/mol. The molecule has 0 saturated carbocycles. The molecule has 17 heavy (non-hydrogen) atoms. The average molecular weight is 250 g/mol. The molecule has 5 heteroatoms. The Kier molecular flexibility index (Phi) is 3.39. The van der Waals surface area contributed by atoms with E-state index in [0.717, 1.165) is 0 Å². The summed E-state index contributed by atoms with van der Waals surface area (Å²) >= 11 is 0. The molecule has 0 fully saturated rings. The topological polar surface area (TPSA) is 67.5 Å². The van der Waals surface area contributed by atoms with Crippen LogP contribution in [0.2, 0.25) is 0 Å². The van der Waals surface area contributed by atoms with E-state index < -0.39 is 16.8 Å². The third-order valence-corrected chi connectivity index (χ3v) is 3.50. The minimum absolute atomic E-state index is 0.134. The fourth-order valence-corrected chi connectivity index (χ4v) is 2.40. The number of carbonyl (C=O) groups is 1. The molecule has 0 radical (unpaired) electrons. The molecule has 0 aliphatic rings. The molecule has 2 rings (SSSR count). The maximum Gasteiger partial charge on any atom is 0.371 e. The second kappa shape index (κ2) is 4.97. The van der Waals surface area contributed by atoms with E-state index in [-0.39, 0.29) is 11.5 Å². The molecule has 0 unspecified atom stereocenters. The smallest absolute Gasteiger partial charge is 0.371 e. The molecule has 1 aromatic carbocycles. The lowest BCUT2D eigenvalue weighted by Gasteiger charge is -1.99. The number of rotatable bonds is 4. The van der Waals surface area contributed by atoms with Crippen LogP contribution in [0.1, 0.15) is 16.3 Å². The Morgan fingerprint density at radius 2 is 1.88 bits per heavy atom. The summed E-state index contributed by atoms with van der Waals surface area (Å²) in [5.41, 5.74) is 0. The first kappa shape index (κ1) is 11.6. The Bertz CT molecular complexity index is 545. The van der Waals surface area contributed by atoms with Gasteiger partial charge in [-0.15, -0.1) is 0 Å². The van der Waals surface area contributed by atoms with Gasteiger partial charge in [-0.25, -0.2) is 4.79 Å². The van der Waals surface area contributed by atoms with E-state index in [2.05, 4.69) is 0 Å². The zero-order valence-corrected chi connectivity index (χ0v) is 9.65. The van der Waals surface area contributed by atoms with Gasteiger partial charge in [0.2, 0.25) is 5.76 Å². The van der Waals surface area contributed by atoms with Gasteiger partial charge in [0.15, 0.2) is 0 Å². The summed E-state index contributed by atoms with van der Waals surface area (Å²) in [5.74, 6) is -0.673. The van der Waals surface area contributed by atoms with E-state index in [0.29, 0.717) is 10.7 Å². The average Bonchev–Trinajstić information content (AvgIpc) is 2.79. The standard InChI is InChI=1S/C12H10O4S/c13-12(14)11-7-6-9(16-11)8-17(15)10-4-2-1-3-5-10/h1-7H,8H2,(H,13,14)/t17-/m0/s1. The molecular formula is C12H10O4S. The van der Waals surface area contributed by atoms with Gasteiger partial charge in [0.05, 0.1) is 16.6 Å². The number of carboxylic acids is 1. The first-order chi connectivity index (χ1) is 8.16. The highest BCUT2D eigenvalue weighted by atomic mass is 32.2. The van der Waals surface area contributed by atoms with Crippen LogP contribution in [-0.4, -0.2) is 15.3 Å². The Morgan fingerprint density at radius 3 is 2.47 bits per heavy atom. The van der Waals surface area contributed by atoms with Crippen LogP contribution in [0.4, 0.5) is 0 Å². The molecule has 0 spiro atoms. The summed E-state index contributed by atoms with van der Waals surface area (Å²) in [6.45, 7) is 0. The van der Waals surface area contributed by atoms with Crippen LogP contribution in [0.15, 0.2) is 51.8 Å². The van der Waals surface area contributed by atoms with Crippen LogP contribution in [0.3, 0.4) is 0 Å². The molecule has 88 valence electrons. The van der Waals surface area contributed by atoms with Gasteiger partial charge in [-0.3, -0.25) is 4.21 Å². The molecule has 0 saturated heterocycles. The SMILES string of the molecule is O=C(O)c1ccc(C[S@](=O)c2ccccc2)o1. The van der Waals surface area contributed by atoms with Gasteiger partial charge in [-0.1, -0.05) is 18.2 Å². The summed E-state index contributed by atoms with van der Waals surface area (Å²) in [6.07, 6.45) is 0. The lowest BCUT2D eigenvalue weighted by atomic mass is 10.4. The highest BCUT2D eigenvalue weighted by molar-refractivity contribution is 7.84. The normalized spacial score (nSPS) is 12.2. The first-order valence-corrected chi connectivity index (χ1v) is 6.24. The van der Waals surface area contributed by atoms with Crippen LogP contribution >= 0.6 is 0 Å². The van der Waals surface area contributed by atoms with Crippen molar-refractivity contribution >= 4 is 16.8 Å². The van der Waals surface area contributed by atoms with Crippen LogP contribution < -0.4 is 0 Å². The number of hydrogen-bond acceptors (Lipinski definition) is 3. The van der Waals surface area contributed by atoms with Crippen molar-refractivity contribution in [3.63, 3.8) is 0 Å². The molecule has 1 heterocycles. The van der Waals surface area contributed by atoms with Gasteiger partial charge in [0, 0.05) is 4.90 Å². The number of aromatic carboxylic acids is 1. The number of hydrogen-bond donors (Lipinski definition) is 1. The summed E-state index contributed by atoms with van der Waals surface area (Å²) in [6, 6.07) is 11.9. The molecule has 0 aliphatic carbocycles. The minimum atomic E-state index is -1.22. The van der Waals surface area contributed by atoms with Crippen molar-refractivity contribution in [3.8, 4) is 0 Å². The zero-order valence-electron chi connectivity index (χ0n) is 8.83. The lowest BCUT2D eigenvalue weighted by molar-refractivity contribution is 0.0661. The van der Waals surface area contributed by atoms with Gasteiger partial charge < -0.3 is 9.52 Å². The summed E-state index contributed by atoms with van der Waals surface area (Å²) < 4.78 is 16.9. The van der Waals surface area contributed by atoms with Crippen molar-refractivity contribution in [2.75, 3.05) is 0 Å². The van der Waals surface area contributed by atoms with E-state index in [1.54, 1.807) is 24.3 Å². The van der Waals surface area contributed by atoms with Crippen molar-refractivity contribution in [3.05, 3.63) is 54.0 Å². The van der Waals surface area contributed by atoms with Crippen molar-refractivity contribution in [2.24, 2.45) is 0 Å². The highest BCUT2D eigenvalue weighted by Gasteiger charge is 2.11. The number of carboxylic acid groups (broad SMARTS) is 1. The number of benzene rings is 1.